The lowest BCUT2D eigenvalue weighted by Crippen LogP contribution is -2.00. The molecule has 0 aliphatic carbocycles. The monoisotopic (exact) mass is 229 g/mol. The Labute approximate surface area is 94.7 Å². The molecular weight excluding hydrogens is 217 g/mol. The minimum atomic E-state index is 0.584. The van der Waals surface area contributed by atoms with E-state index in [0.717, 1.165) is 25.1 Å². The van der Waals surface area contributed by atoms with Crippen molar-refractivity contribution in [2.45, 2.75) is 12.8 Å². The van der Waals surface area contributed by atoms with Crippen molar-refractivity contribution in [3.05, 3.63) is 40.9 Å². The molecule has 0 bridgehead atoms. The first kappa shape index (κ1) is 11.4. The fourth-order valence-electron chi connectivity index (χ4n) is 1.09. The van der Waals surface area contributed by atoms with E-state index in [1.807, 2.05) is 18.2 Å². The molecule has 0 saturated carbocycles. The summed E-state index contributed by atoms with van der Waals surface area (Å²) in [4.78, 5) is 0. The number of nitrogens with one attached hydrogen (secondary N) is 1. The Kier molecular flexibility index (Phi) is 4.85. The van der Waals surface area contributed by atoms with Crippen LogP contribution in [0.2, 0.25) is 10.0 Å². The average Bonchev–Trinajstić information content (AvgIpc) is 2.18. The number of hydrogen-bond donors (Lipinski definition) is 1. The Hall–Kier alpha value is -0.660. The second-order valence-electron chi connectivity index (χ2n) is 2.99. The summed E-state index contributed by atoms with van der Waals surface area (Å²) < 4.78 is 0. The number of allylic oxidation sites excluding steroid dienone is 1. The molecule has 0 aliphatic rings. The van der Waals surface area contributed by atoms with E-state index in [-0.39, 0.29) is 0 Å². The first-order valence-electron chi connectivity index (χ1n) is 4.54. The SMILES string of the molecule is C=CCCCNc1ccc(Cl)c(Cl)c1. The molecule has 0 amide bonds. The minimum Gasteiger partial charge on any atom is -0.385 e. The van der Waals surface area contributed by atoms with Gasteiger partial charge in [0.1, 0.15) is 0 Å². The Morgan fingerprint density at radius 2 is 2.07 bits per heavy atom. The smallest absolute Gasteiger partial charge is 0.0612 e. The fraction of sp³-hybridized carbons (Fsp3) is 0.273. The van der Waals surface area contributed by atoms with Crippen molar-refractivity contribution in [1.82, 2.24) is 0 Å². The molecule has 1 N–H and O–H groups in total. The maximum absolute atomic E-state index is 5.87. The average molecular weight is 230 g/mol. The molecule has 0 unspecified atom stereocenters. The van der Waals surface area contributed by atoms with E-state index < -0.39 is 0 Å². The van der Waals surface area contributed by atoms with Crippen molar-refractivity contribution in [3.63, 3.8) is 0 Å². The van der Waals surface area contributed by atoms with Crippen LogP contribution in [0.4, 0.5) is 5.69 Å². The van der Waals surface area contributed by atoms with Crippen LogP contribution in [0.25, 0.3) is 0 Å². The van der Waals surface area contributed by atoms with Gasteiger partial charge in [-0.2, -0.15) is 0 Å². The van der Waals surface area contributed by atoms with Crippen LogP contribution in [0.15, 0.2) is 30.9 Å². The molecule has 1 aromatic carbocycles. The van der Waals surface area contributed by atoms with Crippen LogP contribution in [0, 0.1) is 0 Å². The lowest BCUT2D eigenvalue weighted by Gasteiger charge is -2.06. The van der Waals surface area contributed by atoms with Gasteiger partial charge in [0, 0.05) is 12.2 Å². The molecule has 14 heavy (non-hydrogen) atoms. The summed E-state index contributed by atoms with van der Waals surface area (Å²) in [7, 11) is 0. The Morgan fingerprint density at radius 1 is 1.29 bits per heavy atom. The van der Waals surface area contributed by atoms with Gasteiger partial charge in [0.15, 0.2) is 0 Å². The molecular formula is C11H13Cl2N. The highest BCUT2D eigenvalue weighted by atomic mass is 35.5. The first-order valence-corrected chi connectivity index (χ1v) is 5.29. The summed E-state index contributed by atoms with van der Waals surface area (Å²) >= 11 is 11.7. The zero-order valence-corrected chi connectivity index (χ0v) is 9.41. The van der Waals surface area contributed by atoms with Gasteiger partial charge in [-0.15, -0.1) is 6.58 Å². The third-order valence-electron chi connectivity index (χ3n) is 1.83. The molecule has 3 heteroatoms. The van der Waals surface area contributed by atoms with Gasteiger partial charge < -0.3 is 5.32 Å². The van der Waals surface area contributed by atoms with Gasteiger partial charge in [-0.3, -0.25) is 0 Å². The molecule has 1 aromatic rings. The van der Waals surface area contributed by atoms with Crippen LogP contribution in [-0.4, -0.2) is 6.54 Å². The van der Waals surface area contributed by atoms with Crippen molar-refractivity contribution in [1.29, 1.82) is 0 Å². The van der Waals surface area contributed by atoms with Crippen LogP contribution >= 0.6 is 23.2 Å². The molecule has 1 rings (SSSR count). The Balaban J connectivity index is 2.43. The second kappa shape index (κ2) is 5.94. The predicted molar refractivity (Wildman–Crippen MR) is 64.4 cm³/mol. The lowest BCUT2D eigenvalue weighted by atomic mass is 10.3. The molecule has 76 valence electrons. The lowest BCUT2D eigenvalue weighted by molar-refractivity contribution is 0.891. The Morgan fingerprint density at radius 3 is 2.71 bits per heavy atom. The maximum atomic E-state index is 5.87. The van der Waals surface area contributed by atoms with Gasteiger partial charge >= 0.3 is 0 Å². The fourth-order valence-corrected chi connectivity index (χ4v) is 1.38. The number of rotatable bonds is 5. The molecule has 0 fully saturated rings. The number of halogens is 2. The molecule has 0 aliphatic heterocycles. The van der Waals surface area contributed by atoms with Gasteiger partial charge in [-0.1, -0.05) is 29.3 Å². The largest absolute Gasteiger partial charge is 0.385 e. The van der Waals surface area contributed by atoms with Crippen molar-refractivity contribution in [3.8, 4) is 0 Å². The van der Waals surface area contributed by atoms with Crippen LogP contribution in [0.3, 0.4) is 0 Å². The molecule has 0 spiro atoms. The van der Waals surface area contributed by atoms with Gasteiger partial charge in [0.05, 0.1) is 10.0 Å². The van der Waals surface area contributed by atoms with E-state index >= 15 is 0 Å². The van der Waals surface area contributed by atoms with Gasteiger partial charge in [-0.25, -0.2) is 0 Å². The Bertz CT molecular complexity index is 310. The summed E-state index contributed by atoms with van der Waals surface area (Å²) in [5, 5.41) is 4.43. The molecule has 0 heterocycles. The van der Waals surface area contributed by atoms with Gasteiger partial charge in [0.2, 0.25) is 0 Å². The van der Waals surface area contributed by atoms with E-state index in [1.54, 1.807) is 6.07 Å². The summed E-state index contributed by atoms with van der Waals surface area (Å²) in [5.74, 6) is 0. The van der Waals surface area contributed by atoms with Crippen LogP contribution in [0.5, 0.6) is 0 Å². The molecule has 1 nitrogen and oxygen atoms in total. The van der Waals surface area contributed by atoms with E-state index in [9.17, 15) is 0 Å². The van der Waals surface area contributed by atoms with Crippen molar-refractivity contribution in [2.75, 3.05) is 11.9 Å². The van der Waals surface area contributed by atoms with Crippen molar-refractivity contribution in [2.24, 2.45) is 0 Å². The number of anilines is 1. The predicted octanol–water partition coefficient (Wildman–Crippen LogP) is 4.37. The summed E-state index contributed by atoms with van der Waals surface area (Å²) in [5.41, 5.74) is 1.00. The zero-order chi connectivity index (χ0) is 10.4. The van der Waals surface area contributed by atoms with Crippen molar-refractivity contribution >= 4 is 28.9 Å². The summed E-state index contributed by atoms with van der Waals surface area (Å²) in [6.45, 7) is 4.59. The third kappa shape index (κ3) is 3.60. The van der Waals surface area contributed by atoms with Gasteiger partial charge in [0.25, 0.3) is 0 Å². The highest BCUT2D eigenvalue weighted by Gasteiger charge is 1.97. The number of unbranched alkanes of at least 4 members (excludes halogenated alkanes) is 1. The minimum absolute atomic E-state index is 0.584. The zero-order valence-electron chi connectivity index (χ0n) is 7.89. The molecule has 0 aromatic heterocycles. The van der Waals surface area contributed by atoms with Gasteiger partial charge in [-0.05, 0) is 31.0 Å². The van der Waals surface area contributed by atoms with Crippen molar-refractivity contribution < 1.29 is 0 Å². The van der Waals surface area contributed by atoms with E-state index in [2.05, 4.69) is 11.9 Å². The normalized spacial score (nSPS) is 9.86. The topological polar surface area (TPSA) is 12.0 Å². The first-order chi connectivity index (χ1) is 6.74. The molecule has 0 atom stereocenters. The second-order valence-corrected chi connectivity index (χ2v) is 3.80. The summed E-state index contributed by atoms with van der Waals surface area (Å²) in [6, 6.07) is 5.54. The number of hydrogen-bond acceptors (Lipinski definition) is 1. The van der Waals surface area contributed by atoms with E-state index in [4.69, 9.17) is 23.2 Å². The highest BCUT2D eigenvalue weighted by molar-refractivity contribution is 6.42. The van der Waals surface area contributed by atoms with Crippen LogP contribution in [-0.2, 0) is 0 Å². The summed E-state index contributed by atoms with van der Waals surface area (Å²) in [6.07, 6.45) is 4.01. The highest BCUT2D eigenvalue weighted by Crippen LogP contribution is 2.24. The standard InChI is InChI=1S/C11H13Cl2N/c1-2-3-4-7-14-9-5-6-10(12)11(13)8-9/h2,5-6,8,14H,1,3-4,7H2. The number of benzene rings is 1. The van der Waals surface area contributed by atoms with E-state index in [1.165, 1.54) is 0 Å². The quantitative estimate of drug-likeness (QED) is 0.584. The van der Waals surface area contributed by atoms with Crippen LogP contribution < -0.4 is 5.32 Å². The third-order valence-corrected chi connectivity index (χ3v) is 2.57. The maximum Gasteiger partial charge on any atom is 0.0612 e. The molecule has 0 saturated heterocycles. The molecule has 0 radical (unpaired) electrons. The van der Waals surface area contributed by atoms with E-state index in [0.29, 0.717) is 10.0 Å². The van der Waals surface area contributed by atoms with Crippen LogP contribution in [0.1, 0.15) is 12.8 Å².